The van der Waals surface area contributed by atoms with Gasteiger partial charge in [-0.25, -0.2) is 9.97 Å². The number of carbonyl (C=O) groups is 1. The molecule has 2 aromatic rings. The van der Waals surface area contributed by atoms with Gasteiger partial charge in [0.15, 0.2) is 17.0 Å². The molecule has 3 N–H and O–H groups in total. The van der Waals surface area contributed by atoms with Crippen molar-refractivity contribution < 1.29 is 22.2 Å². The highest BCUT2D eigenvalue weighted by atomic mass is 32.3. The number of aliphatic hydroxyl groups is 1. The maximum absolute atomic E-state index is 12.8. The molecule has 0 aliphatic carbocycles. The van der Waals surface area contributed by atoms with Crippen LogP contribution in [0.4, 0.5) is 15.7 Å². The van der Waals surface area contributed by atoms with E-state index in [0.717, 1.165) is 4.90 Å². The van der Waals surface area contributed by atoms with Gasteiger partial charge in [0.1, 0.15) is 0 Å². The molecular weight excluding hydrogens is 343 g/mol. The first-order chi connectivity index (χ1) is 11.3. The molecule has 0 spiro atoms. The minimum Gasteiger partial charge on any atom is -0.390 e. The summed E-state index contributed by atoms with van der Waals surface area (Å²) in [6.45, 7) is -0.358. The molecule has 0 aromatic carbocycles. The second-order valence-corrected chi connectivity index (χ2v) is 6.79. The molecular formula is C12H13FN6O4S. The Hall–Kier alpha value is -2.47. The maximum Gasteiger partial charge on any atom is 0.302 e. The molecule has 1 saturated heterocycles. The van der Waals surface area contributed by atoms with Crippen LogP contribution in [0.15, 0.2) is 6.20 Å². The Bertz CT molecular complexity index is 921. The van der Waals surface area contributed by atoms with Gasteiger partial charge in [-0.1, -0.05) is 0 Å². The van der Waals surface area contributed by atoms with Crippen molar-refractivity contribution in [3.05, 3.63) is 11.9 Å². The average molecular weight is 356 g/mol. The van der Waals surface area contributed by atoms with Gasteiger partial charge in [-0.2, -0.15) is 18.4 Å². The molecule has 1 atom stereocenters. The minimum atomic E-state index is -4.68. The van der Waals surface area contributed by atoms with E-state index in [9.17, 15) is 17.1 Å². The largest absolute Gasteiger partial charge is 0.390 e. The van der Waals surface area contributed by atoms with Crippen molar-refractivity contribution in [1.29, 1.82) is 0 Å². The zero-order valence-electron chi connectivity index (χ0n) is 12.3. The van der Waals surface area contributed by atoms with Crippen LogP contribution in [0.3, 0.4) is 0 Å². The van der Waals surface area contributed by atoms with Crippen LogP contribution in [0.5, 0.6) is 0 Å². The Labute approximate surface area is 135 Å². The number of hydrogen-bond donors (Lipinski definition) is 2. The number of halogens is 1. The Kier molecular flexibility index (Phi) is 4.01. The van der Waals surface area contributed by atoms with Gasteiger partial charge in [0.25, 0.3) is 0 Å². The predicted molar refractivity (Wildman–Crippen MR) is 80.8 cm³/mol. The first-order valence-electron chi connectivity index (χ1n) is 6.89. The second kappa shape index (κ2) is 5.87. The van der Waals surface area contributed by atoms with Crippen molar-refractivity contribution in [2.24, 2.45) is 5.92 Å². The molecule has 1 fully saturated rings. The third-order valence-electron chi connectivity index (χ3n) is 3.52. The number of anilines is 2. The standard InChI is InChI=1S/C12H13FN6O4S/c13-24(22,23)5-6-1-8(21)19(3-6)12-17-10(14)9-11(18-12)15-2-7(4-20)16-9/h2,6,20H,1,3-5H2,(H2,14,15,17,18). The third-order valence-corrected chi connectivity index (χ3v) is 4.38. The molecule has 1 unspecified atom stereocenters. The van der Waals surface area contributed by atoms with Gasteiger partial charge < -0.3 is 10.8 Å². The molecule has 1 amide bonds. The van der Waals surface area contributed by atoms with Crippen molar-refractivity contribution in [3.63, 3.8) is 0 Å². The summed E-state index contributed by atoms with van der Waals surface area (Å²) in [5, 5.41) is 9.06. The van der Waals surface area contributed by atoms with E-state index in [4.69, 9.17) is 10.8 Å². The molecule has 1 aliphatic heterocycles. The lowest BCUT2D eigenvalue weighted by atomic mass is 10.1. The quantitative estimate of drug-likeness (QED) is 0.667. The molecule has 3 heterocycles. The maximum atomic E-state index is 12.8. The summed E-state index contributed by atoms with van der Waals surface area (Å²) >= 11 is 0. The van der Waals surface area contributed by atoms with Crippen LogP contribution in [-0.4, -0.2) is 51.7 Å². The fourth-order valence-electron chi connectivity index (χ4n) is 2.52. The van der Waals surface area contributed by atoms with Gasteiger partial charge >= 0.3 is 10.2 Å². The number of hydrogen-bond acceptors (Lipinski definition) is 9. The van der Waals surface area contributed by atoms with E-state index >= 15 is 0 Å². The normalized spacial score (nSPS) is 18.5. The van der Waals surface area contributed by atoms with Gasteiger partial charge in [0, 0.05) is 18.9 Å². The van der Waals surface area contributed by atoms with E-state index in [1.807, 2.05) is 0 Å². The van der Waals surface area contributed by atoms with Crippen LogP contribution in [0.1, 0.15) is 12.1 Å². The molecule has 0 radical (unpaired) electrons. The Balaban J connectivity index is 1.93. The lowest BCUT2D eigenvalue weighted by Crippen LogP contribution is -2.27. The van der Waals surface area contributed by atoms with E-state index < -0.39 is 27.8 Å². The highest BCUT2D eigenvalue weighted by molar-refractivity contribution is 7.86. The van der Waals surface area contributed by atoms with Gasteiger partial charge in [-0.3, -0.25) is 9.69 Å². The number of nitrogen functional groups attached to an aromatic ring is 1. The molecule has 1 aliphatic rings. The van der Waals surface area contributed by atoms with Crippen LogP contribution in [-0.2, 0) is 21.6 Å². The second-order valence-electron chi connectivity index (χ2n) is 5.38. The SMILES string of the molecule is Nc1nc(N2CC(CS(=O)(=O)F)CC2=O)nc2ncc(CO)nc12. The van der Waals surface area contributed by atoms with Crippen LogP contribution < -0.4 is 10.6 Å². The monoisotopic (exact) mass is 356 g/mol. The molecule has 0 bridgehead atoms. The number of aliphatic hydroxyl groups excluding tert-OH is 1. The van der Waals surface area contributed by atoms with Crippen LogP contribution in [0, 0.1) is 5.92 Å². The van der Waals surface area contributed by atoms with Gasteiger partial charge in [0.2, 0.25) is 11.9 Å². The third kappa shape index (κ3) is 3.23. The van der Waals surface area contributed by atoms with Crippen LogP contribution in [0.2, 0.25) is 0 Å². The van der Waals surface area contributed by atoms with Gasteiger partial charge in [0.05, 0.1) is 24.3 Å². The smallest absolute Gasteiger partial charge is 0.302 e. The van der Waals surface area contributed by atoms with Crippen molar-refractivity contribution >= 4 is 39.1 Å². The van der Waals surface area contributed by atoms with Crippen molar-refractivity contribution in [3.8, 4) is 0 Å². The molecule has 0 saturated carbocycles. The number of fused-ring (bicyclic) bond motifs is 1. The number of nitrogens with zero attached hydrogens (tertiary/aromatic N) is 5. The fourth-order valence-corrected chi connectivity index (χ4v) is 3.30. The van der Waals surface area contributed by atoms with Crippen molar-refractivity contribution in [1.82, 2.24) is 19.9 Å². The van der Waals surface area contributed by atoms with E-state index in [1.54, 1.807) is 0 Å². The van der Waals surface area contributed by atoms with Gasteiger partial charge in [-0.05, 0) is 0 Å². The Morgan fingerprint density at radius 1 is 1.38 bits per heavy atom. The fraction of sp³-hybridized carbons (Fsp3) is 0.417. The van der Waals surface area contributed by atoms with E-state index in [-0.39, 0.29) is 48.2 Å². The van der Waals surface area contributed by atoms with Crippen molar-refractivity contribution in [2.75, 3.05) is 22.9 Å². The Morgan fingerprint density at radius 3 is 2.79 bits per heavy atom. The number of amides is 1. The zero-order chi connectivity index (χ0) is 17.5. The first-order valence-corrected chi connectivity index (χ1v) is 8.45. The highest BCUT2D eigenvalue weighted by Gasteiger charge is 2.35. The summed E-state index contributed by atoms with van der Waals surface area (Å²) in [5.74, 6) is -1.93. The predicted octanol–water partition coefficient (Wildman–Crippen LogP) is -0.853. The minimum absolute atomic E-state index is 0.0327. The topological polar surface area (TPSA) is 152 Å². The summed E-state index contributed by atoms with van der Waals surface area (Å²) in [7, 11) is -4.68. The van der Waals surface area contributed by atoms with Gasteiger partial charge in [-0.15, -0.1) is 3.89 Å². The molecule has 12 heteroatoms. The zero-order valence-corrected chi connectivity index (χ0v) is 13.1. The van der Waals surface area contributed by atoms with E-state index in [0.29, 0.717) is 0 Å². The first kappa shape index (κ1) is 16.4. The van der Waals surface area contributed by atoms with Crippen molar-refractivity contribution in [2.45, 2.75) is 13.0 Å². The number of nitrogens with two attached hydrogens (primary N) is 1. The summed E-state index contributed by atoms with van der Waals surface area (Å²) in [5.41, 5.74) is 6.40. The van der Waals surface area contributed by atoms with E-state index in [2.05, 4.69) is 19.9 Å². The number of rotatable bonds is 4. The average Bonchev–Trinajstić information content (AvgIpc) is 2.85. The number of carbonyl (C=O) groups excluding carboxylic acids is 1. The summed E-state index contributed by atoms with van der Waals surface area (Å²) < 4.78 is 34.3. The Morgan fingerprint density at radius 2 is 2.12 bits per heavy atom. The summed E-state index contributed by atoms with van der Waals surface area (Å²) in [6, 6.07) is 0. The molecule has 2 aromatic heterocycles. The molecule has 3 rings (SSSR count). The lowest BCUT2D eigenvalue weighted by Gasteiger charge is -2.15. The lowest BCUT2D eigenvalue weighted by molar-refractivity contribution is -0.117. The van der Waals surface area contributed by atoms with Crippen LogP contribution >= 0.6 is 0 Å². The van der Waals surface area contributed by atoms with E-state index in [1.165, 1.54) is 6.20 Å². The summed E-state index contributed by atoms with van der Waals surface area (Å²) in [6.07, 6.45) is 1.18. The van der Waals surface area contributed by atoms with Crippen LogP contribution in [0.25, 0.3) is 11.2 Å². The highest BCUT2D eigenvalue weighted by Crippen LogP contribution is 2.26. The summed E-state index contributed by atoms with van der Waals surface area (Å²) in [4.78, 5) is 29.3. The molecule has 24 heavy (non-hydrogen) atoms. The molecule has 10 nitrogen and oxygen atoms in total. The molecule has 128 valence electrons. The number of aromatic nitrogens is 4.